The van der Waals surface area contributed by atoms with Crippen molar-refractivity contribution in [2.24, 2.45) is 0 Å². The number of benzene rings is 2. The minimum absolute atomic E-state index is 0.0719. The zero-order valence-corrected chi connectivity index (χ0v) is 22.5. The standard InChI is InChI=1S/C23H31N5O3S.C2HF3O2/c1-18-4-3-5-20(16-18)26-12-14-28(15-13-26)23(29)19-6-7-22(27-10-8-24-9-11-27)21(17-19)25-32(2,30)31;3-2(4,5)1(6)7/h3-7,16-17,24-25H,8-15H2,1-2H3;(H,6,7). The molecule has 4 rings (SSSR count). The lowest BCUT2D eigenvalue weighted by Crippen LogP contribution is -2.48. The molecular weight excluding hydrogens is 539 g/mol. The molecule has 0 unspecified atom stereocenters. The van der Waals surface area contributed by atoms with Gasteiger partial charge in [0.25, 0.3) is 5.91 Å². The Morgan fingerprint density at radius 2 is 1.56 bits per heavy atom. The average molecular weight is 572 g/mol. The zero-order chi connectivity index (χ0) is 28.8. The Kier molecular flexibility index (Phi) is 9.67. The second-order valence-corrected chi connectivity index (χ2v) is 11.0. The molecule has 2 fully saturated rings. The number of halogens is 3. The van der Waals surface area contributed by atoms with Gasteiger partial charge in [-0.25, -0.2) is 13.2 Å². The van der Waals surface area contributed by atoms with Crippen LogP contribution >= 0.6 is 0 Å². The topological polar surface area (TPSA) is 122 Å². The van der Waals surface area contributed by atoms with Gasteiger partial charge >= 0.3 is 12.1 Å². The number of nitrogens with zero attached hydrogens (tertiary/aromatic N) is 3. The Morgan fingerprint density at radius 3 is 2.10 bits per heavy atom. The number of carbonyl (C=O) groups is 2. The van der Waals surface area contributed by atoms with Gasteiger partial charge in [-0.05, 0) is 42.8 Å². The van der Waals surface area contributed by atoms with Crippen molar-refractivity contribution in [2.75, 3.05) is 73.1 Å². The van der Waals surface area contributed by atoms with Gasteiger partial charge in [-0.1, -0.05) is 12.1 Å². The van der Waals surface area contributed by atoms with Crippen LogP contribution in [0.4, 0.5) is 30.2 Å². The lowest BCUT2D eigenvalue weighted by Gasteiger charge is -2.36. The van der Waals surface area contributed by atoms with Crippen molar-refractivity contribution in [3.63, 3.8) is 0 Å². The van der Waals surface area contributed by atoms with E-state index in [0.29, 0.717) is 24.3 Å². The first-order valence-electron chi connectivity index (χ1n) is 12.2. The lowest BCUT2D eigenvalue weighted by molar-refractivity contribution is -0.192. The summed E-state index contributed by atoms with van der Waals surface area (Å²) in [5.74, 6) is -2.83. The Bertz CT molecular complexity index is 1280. The Labute approximate surface area is 225 Å². The van der Waals surface area contributed by atoms with Crippen molar-refractivity contribution in [3.05, 3.63) is 53.6 Å². The number of carboxylic acids is 1. The molecule has 0 aromatic heterocycles. The maximum Gasteiger partial charge on any atom is 0.490 e. The van der Waals surface area contributed by atoms with Crippen LogP contribution in [0.2, 0.25) is 0 Å². The van der Waals surface area contributed by atoms with Crippen LogP contribution in [-0.2, 0) is 14.8 Å². The monoisotopic (exact) mass is 571 g/mol. The fourth-order valence-electron chi connectivity index (χ4n) is 4.31. The molecule has 2 aromatic rings. The lowest BCUT2D eigenvalue weighted by atomic mass is 10.1. The summed E-state index contributed by atoms with van der Waals surface area (Å²) in [6, 6.07) is 13.7. The predicted octanol–water partition coefficient (Wildman–Crippen LogP) is 2.37. The molecule has 2 aliphatic heterocycles. The number of alkyl halides is 3. The number of aliphatic carboxylic acids is 1. The van der Waals surface area contributed by atoms with E-state index in [2.05, 4.69) is 51.0 Å². The fraction of sp³-hybridized carbons (Fsp3) is 0.440. The maximum absolute atomic E-state index is 13.2. The largest absolute Gasteiger partial charge is 0.490 e. The number of carbonyl (C=O) groups excluding carboxylic acids is 1. The summed E-state index contributed by atoms with van der Waals surface area (Å²) in [7, 11) is -3.47. The molecule has 2 saturated heterocycles. The highest BCUT2D eigenvalue weighted by atomic mass is 32.2. The van der Waals surface area contributed by atoms with Crippen LogP contribution in [0.5, 0.6) is 0 Å². The number of aryl methyl sites for hydroxylation is 1. The first-order valence-corrected chi connectivity index (χ1v) is 14.1. The molecule has 14 heteroatoms. The van der Waals surface area contributed by atoms with E-state index in [-0.39, 0.29) is 5.91 Å². The number of amides is 1. The van der Waals surface area contributed by atoms with Crippen LogP contribution < -0.4 is 19.8 Å². The van der Waals surface area contributed by atoms with Gasteiger partial charge in [0.2, 0.25) is 10.0 Å². The number of hydrogen-bond donors (Lipinski definition) is 3. The zero-order valence-electron chi connectivity index (χ0n) is 21.7. The van der Waals surface area contributed by atoms with Crippen molar-refractivity contribution >= 4 is 39.0 Å². The van der Waals surface area contributed by atoms with E-state index in [9.17, 15) is 26.4 Å². The molecule has 10 nitrogen and oxygen atoms in total. The average Bonchev–Trinajstić information content (AvgIpc) is 2.88. The molecule has 0 atom stereocenters. The number of sulfonamides is 1. The highest BCUT2D eigenvalue weighted by Gasteiger charge is 2.38. The molecule has 2 heterocycles. The van der Waals surface area contributed by atoms with Crippen LogP contribution in [0.25, 0.3) is 0 Å². The molecule has 1 amide bonds. The summed E-state index contributed by atoms with van der Waals surface area (Å²) in [5, 5.41) is 10.4. The smallest absolute Gasteiger partial charge is 0.475 e. The van der Waals surface area contributed by atoms with E-state index in [1.54, 1.807) is 12.1 Å². The summed E-state index contributed by atoms with van der Waals surface area (Å²) in [4.78, 5) is 28.4. The SMILES string of the molecule is Cc1cccc(N2CCN(C(=O)c3ccc(N4CCNCC4)c(NS(C)(=O)=O)c3)CC2)c1.O=C(O)C(F)(F)F. The fourth-order valence-corrected chi connectivity index (χ4v) is 4.87. The second kappa shape index (κ2) is 12.6. The summed E-state index contributed by atoms with van der Waals surface area (Å²) in [5.41, 5.74) is 4.16. The molecule has 0 aliphatic carbocycles. The molecule has 0 spiro atoms. The van der Waals surface area contributed by atoms with Gasteiger partial charge in [0.05, 0.1) is 17.6 Å². The Morgan fingerprint density at radius 1 is 0.949 bits per heavy atom. The summed E-state index contributed by atoms with van der Waals surface area (Å²) >= 11 is 0. The highest BCUT2D eigenvalue weighted by Crippen LogP contribution is 2.29. The van der Waals surface area contributed by atoms with Crippen LogP contribution in [0.1, 0.15) is 15.9 Å². The molecule has 0 radical (unpaired) electrons. The third kappa shape index (κ3) is 8.75. The molecule has 0 bridgehead atoms. The molecule has 214 valence electrons. The van der Waals surface area contributed by atoms with Gasteiger partial charge in [0.1, 0.15) is 0 Å². The van der Waals surface area contributed by atoms with E-state index in [0.717, 1.165) is 51.2 Å². The first-order chi connectivity index (χ1) is 18.2. The molecule has 3 N–H and O–H groups in total. The quantitative estimate of drug-likeness (QED) is 0.500. The predicted molar refractivity (Wildman–Crippen MR) is 143 cm³/mol. The maximum atomic E-state index is 13.2. The van der Waals surface area contributed by atoms with E-state index in [1.807, 2.05) is 11.0 Å². The third-order valence-corrected chi connectivity index (χ3v) is 6.76. The molecule has 2 aromatic carbocycles. The molecule has 39 heavy (non-hydrogen) atoms. The minimum Gasteiger partial charge on any atom is -0.475 e. The minimum atomic E-state index is -5.08. The van der Waals surface area contributed by atoms with Crippen molar-refractivity contribution in [1.82, 2.24) is 10.2 Å². The normalized spacial score (nSPS) is 16.3. The first kappa shape index (κ1) is 30.0. The summed E-state index contributed by atoms with van der Waals surface area (Å²) in [6.07, 6.45) is -3.95. The van der Waals surface area contributed by atoms with Gasteiger partial charge < -0.3 is 25.1 Å². The van der Waals surface area contributed by atoms with E-state index >= 15 is 0 Å². The van der Waals surface area contributed by atoms with Gasteiger partial charge in [-0.3, -0.25) is 9.52 Å². The third-order valence-electron chi connectivity index (χ3n) is 6.17. The number of nitrogens with one attached hydrogen (secondary N) is 2. The molecular formula is C25H32F3N5O5S. The van der Waals surface area contributed by atoms with Crippen LogP contribution in [0.3, 0.4) is 0 Å². The van der Waals surface area contributed by atoms with Gasteiger partial charge in [0.15, 0.2) is 0 Å². The number of carboxylic acid groups (broad SMARTS) is 1. The van der Waals surface area contributed by atoms with E-state index in [4.69, 9.17) is 9.90 Å². The van der Waals surface area contributed by atoms with Crippen LogP contribution in [-0.4, -0.2) is 95.1 Å². The molecule has 2 aliphatic rings. The van der Waals surface area contributed by atoms with Gasteiger partial charge in [-0.2, -0.15) is 13.2 Å². The van der Waals surface area contributed by atoms with Crippen LogP contribution in [0, 0.1) is 6.92 Å². The van der Waals surface area contributed by atoms with Crippen LogP contribution in [0.15, 0.2) is 42.5 Å². The van der Waals surface area contributed by atoms with Crippen molar-refractivity contribution in [3.8, 4) is 0 Å². The van der Waals surface area contributed by atoms with Gasteiger partial charge in [0, 0.05) is 63.6 Å². The summed E-state index contributed by atoms with van der Waals surface area (Å²) < 4.78 is 58.3. The van der Waals surface area contributed by atoms with Gasteiger partial charge in [-0.15, -0.1) is 0 Å². The summed E-state index contributed by atoms with van der Waals surface area (Å²) in [6.45, 7) is 8.11. The second-order valence-electron chi connectivity index (χ2n) is 9.26. The number of anilines is 3. The number of piperazine rings is 2. The molecule has 0 saturated carbocycles. The number of rotatable bonds is 5. The van der Waals surface area contributed by atoms with E-state index < -0.39 is 22.2 Å². The number of hydrogen-bond acceptors (Lipinski definition) is 7. The highest BCUT2D eigenvalue weighted by molar-refractivity contribution is 7.92. The van der Waals surface area contributed by atoms with Crippen molar-refractivity contribution < 1.29 is 36.3 Å². The Hall–Kier alpha value is -3.52. The van der Waals surface area contributed by atoms with Crippen molar-refractivity contribution in [1.29, 1.82) is 0 Å². The van der Waals surface area contributed by atoms with E-state index in [1.165, 1.54) is 11.3 Å². The van der Waals surface area contributed by atoms with Crippen molar-refractivity contribution in [2.45, 2.75) is 13.1 Å². The Balaban J connectivity index is 0.000000532.